The summed E-state index contributed by atoms with van der Waals surface area (Å²) in [5.41, 5.74) is 0. The van der Waals surface area contributed by atoms with Gasteiger partial charge in [-0.15, -0.1) is 0 Å². The van der Waals surface area contributed by atoms with Crippen molar-refractivity contribution in [3.05, 3.63) is 0 Å². The molecule has 0 aromatic carbocycles. The average molecular weight is 252 g/mol. The Balaban J connectivity index is 1.94. The molecule has 1 heterocycles. The van der Waals surface area contributed by atoms with Crippen LogP contribution in [-0.4, -0.2) is 35.8 Å². The summed E-state index contributed by atoms with van der Waals surface area (Å²) in [7, 11) is 0. The van der Waals surface area contributed by atoms with E-state index in [9.17, 15) is 9.59 Å². The average Bonchev–Trinajstić information content (AvgIpc) is 3.10. The molecule has 2 fully saturated rings. The van der Waals surface area contributed by atoms with E-state index in [1.165, 1.54) is 19.3 Å². The van der Waals surface area contributed by atoms with E-state index in [1.54, 1.807) is 6.92 Å². The predicted molar refractivity (Wildman–Crippen MR) is 69.9 cm³/mol. The number of hydrogen-bond acceptors (Lipinski definition) is 2. The van der Waals surface area contributed by atoms with Gasteiger partial charge >= 0.3 is 0 Å². The third-order valence-electron chi connectivity index (χ3n) is 3.96. The Hall–Kier alpha value is -1.06. The number of hydrogen-bond donors (Lipinski definition) is 1. The molecule has 2 aliphatic rings. The van der Waals surface area contributed by atoms with Crippen LogP contribution in [-0.2, 0) is 9.59 Å². The lowest BCUT2D eigenvalue weighted by Crippen LogP contribution is -2.52. The molecule has 4 nitrogen and oxygen atoms in total. The number of piperidine rings is 1. The van der Waals surface area contributed by atoms with Gasteiger partial charge in [0.05, 0.1) is 0 Å². The Labute approximate surface area is 109 Å². The normalized spacial score (nSPS) is 28.0. The summed E-state index contributed by atoms with van der Waals surface area (Å²) in [5.74, 6) is 1.67. The van der Waals surface area contributed by atoms with Crippen LogP contribution in [0.4, 0.5) is 0 Å². The lowest BCUT2D eigenvalue weighted by molar-refractivity contribution is -0.134. The van der Waals surface area contributed by atoms with Gasteiger partial charge in [-0.2, -0.15) is 0 Å². The first-order valence-electron chi connectivity index (χ1n) is 7.13. The molecule has 1 N–H and O–H groups in total. The SMILES string of the molecule is CCC(=O)N1CC(CC2CC2)CC(NC(C)=O)C1. The minimum absolute atomic E-state index is 0.0102. The molecule has 2 amide bonds. The molecule has 4 heteroatoms. The van der Waals surface area contributed by atoms with Crippen molar-refractivity contribution in [1.29, 1.82) is 0 Å². The molecule has 18 heavy (non-hydrogen) atoms. The molecule has 0 spiro atoms. The van der Waals surface area contributed by atoms with Crippen LogP contribution < -0.4 is 5.32 Å². The molecule has 0 aromatic rings. The standard InChI is InChI=1S/C14H24N2O2/c1-3-14(18)16-8-12(6-11-4-5-11)7-13(9-16)15-10(2)17/h11-13H,3-9H2,1-2H3,(H,15,17). The maximum Gasteiger partial charge on any atom is 0.222 e. The van der Waals surface area contributed by atoms with Gasteiger partial charge in [0.25, 0.3) is 0 Å². The van der Waals surface area contributed by atoms with E-state index in [0.717, 1.165) is 18.9 Å². The van der Waals surface area contributed by atoms with Crippen molar-refractivity contribution in [2.24, 2.45) is 11.8 Å². The van der Waals surface area contributed by atoms with Crippen LogP contribution in [0.1, 0.15) is 46.0 Å². The van der Waals surface area contributed by atoms with E-state index in [1.807, 2.05) is 11.8 Å². The molecular formula is C14H24N2O2. The van der Waals surface area contributed by atoms with Crippen molar-refractivity contribution in [2.75, 3.05) is 13.1 Å². The summed E-state index contributed by atoms with van der Waals surface area (Å²) in [5, 5.41) is 2.98. The second-order valence-electron chi connectivity index (χ2n) is 5.83. The zero-order valence-electron chi connectivity index (χ0n) is 11.4. The van der Waals surface area contributed by atoms with Gasteiger partial charge in [-0.05, 0) is 24.7 Å². The number of carbonyl (C=O) groups is 2. The van der Waals surface area contributed by atoms with Crippen molar-refractivity contribution in [2.45, 2.75) is 52.0 Å². The number of rotatable bonds is 4. The fourth-order valence-corrected chi connectivity index (χ4v) is 3.02. The highest BCUT2D eigenvalue weighted by molar-refractivity contribution is 5.76. The van der Waals surface area contributed by atoms with Crippen molar-refractivity contribution in [1.82, 2.24) is 10.2 Å². The third kappa shape index (κ3) is 3.72. The van der Waals surface area contributed by atoms with Gasteiger partial charge in [-0.1, -0.05) is 19.8 Å². The molecule has 1 saturated heterocycles. The quantitative estimate of drug-likeness (QED) is 0.825. The third-order valence-corrected chi connectivity index (χ3v) is 3.96. The van der Waals surface area contributed by atoms with Crippen molar-refractivity contribution in [3.63, 3.8) is 0 Å². The van der Waals surface area contributed by atoms with E-state index in [0.29, 0.717) is 18.9 Å². The smallest absolute Gasteiger partial charge is 0.222 e. The van der Waals surface area contributed by atoms with Crippen LogP contribution in [0.5, 0.6) is 0 Å². The lowest BCUT2D eigenvalue weighted by Gasteiger charge is -2.38. The Morgan fingerprint density at radius 2 is 1.94 bits per heavy atom. The van der Waals surface area contributed by atoms with E-state index in [2.05, 4.69) is 5.32 Å². The first-order valence-corrected chi connectivity index (χ1v) is 7.13. The number of likely N-dealkylation sites (tertiary alicyclic amines) is 1. The van der Waals surface area contributed by atoms with Gasteiger partial charge in [0, 0.05) is 32.5 Å². The molecule has 2 unspecified atom stereocenters. The summed E-state index contributed by atoms with van der Waals surface area (Å²) in [6.45, 7) is 5.03. The van der Waals surface area contributed by atoms with Crippen molar-refractivity contribution < 1.29 is 9.59 Å². The Morgan fingerprint density at radius 1 is 1.22 bits per heavy atom. The van der Waals surface area contributed by atoms with E-state index in [-0.39, 0.29) is 17.9 Å². The monoisotopic (exact) mass is 252 g/mol. The first-order chi connectivity index (χ1) is 8.58. The number of carbonyl (C=O) groups excluding carboxylic acids is 2. The summed E-state index contributed by atoms with van der Waals surface area (Å²) in [6.07, 6.45) is 5.52. The van der Waals surface area contributed by atoms with Gasteiger partial charge in [0.15, 0.2) is 0 Å². The summed E-state index contributed by atoms with van der Waals surface area (Å²) in [6, 6.07) is 0.149. The summed E-state index contributed by atoms with van der Waals surface area (Å²) >= 11 is 0. The van der Waals surface area contributed by atoms with Crippen molar-refractivity contribution in [3.8, 4) is 0 Å². The van der Waals surface area contributed by atoms with Gasteiger partial charge in [0.2, 0.25) is 11.8 Å². The summed E-state index contributed by atoms with van der Waals surface area (Å²) < 4.78 is 0. The number of amides is 2. The molecule has 102 valence electrons. The Morgan fingerprint density at radius 3 is 2.50 bits per heavy atom. The number of nitrogens with one attached hydrogen (secondary N) is 1. The Kier molecular flexibility index (Phi) is 4.25. The van der Waals surface area contributed by atoms with E-state index in [4.69, 9.17) is 0 Å². The zero-order chi connectivity index (χ0) is 13.1. The van der Waals surface area contributed by atoms with Gasteiger partial charge < -0.3 is 10.2 Å². The summed E-state index contributed by atoms with van der Waals surface area (Å²) in [4.78, 5) is 25.0. The fraction of sp³-hybridized carbons (Fsp3) is 0.857. The highest BCUT2D eigenvalue weighted by Crippen LogP contribution is 2.37. The minimum Gasteiger partial charge on any atom is -0.352 e. The maximum absolute atomic E-state index is 11.9. The molecule has 2 atom stereocenters. The molecule has 1 aliphatic carbocycles. The fourth-order valence-electron chi connectivity index (χ4n) is 3.02. The topological polar surface area (TPSA) is 49.4 Å². The molecule has 0 radical (unpaired) electrons. The highest BCUT2D eigenvalue weighted by Gasteiger charge is 2.33. The largest absolute Gasteiger partial charge is 0.352 e. The van der Waals surface area contributed by atoms with Gasteiger partial charge in [-0.25, -0.2) is 0 Å². The van der Waals surface area contributed by atoms with Crippen molar-refractivity contribution >= 4 is 11.8 Å². The van der Waals surface area contributed by atoms with Crippen LogP contribution in [0.3, 0.4) is 0 Å². The first kappa shape index (κ1) is 13.4. The lowest BCUT2D eigenvalue weighted by atomic mass is 9.89. The Bertz CT molecular complexity index is 326. The molecule has 1 saturated carbocycles. The van der Waals surface area contributed by atoms with Crippen LogP contribution >= 0.6 is 0 Å². The highest BCUT2D eigenvalue weighted by atomic mass is 16.2. The maximum atomic E-state index is 11.9. The molecule has 0 aromatic heterocycles. The zero-order valence-corrected chi connectivity index (χ0v) is 11.4. The van der Waals surface area contributed by atoms with E-state index >= 15 is 0 Å². The predicted octanol–water partition coefficient (Wildman–Crippen LogP) is 1.55. The second kappa shape index (κ2) is 5.72. The molecule has 2 rings (SSSR count). The minimum atomic E-state index is 0.0102. The van der Waals surface area contributed by atoms with Crippen LogP contribution in [0, 0.1) is 11.8 Å². The van der Waals surface area contributed by atoms with Gasteiger partial charge in [0.1, 0.15) is 0 Å². The second-order valence-corrected chi connectivity index (χ2v) is 5.83. The molecule has 1 aliphatic heterocycles. The molecular weight excluding hydrogens is 228 g/mol. The van der Waals surface area contributed by atoms with Crippen LogP contribution in [0.25, 0.3) is 0 Å². The van der Waals surface area contributed by atoms with E-state index < -0.39 is 0 Å². The van der Waals surface area contributed by atoms with Crippen LogP contribution in [0.15, 0.2) is 0 Å². The van der Waals surface area contributed by atoms with Crippen LogP contribution in [0.2, 0.25) is 0 Å². The molecule has 0 bridgehead atoms. The van der Waals surface area contributed by atoms with Gasteiger partial charge in [-0.3, -0.25) is 9.59 Å². The number of nitrogens with zero attached hydrogens (tertiary/aromatic N) is 1.